The molecule has 3 heteroatoms. The summed E-state index contributed by atoms with van der Waals surface area (Å²) in [5.41, 5.74) is 1.92. The third kappa shape index (κ3) is 2.91. The molecule has 0 aliphatic heterocycles. The predicted octanol–water partition coefficient (Wildman–Crippen LogP) is 5.97. The third-order valence-electron chi connectivity index (χ3n) is 13.6. The van der Waals surface area contributed by atoms with Crippen molar-refractivity contribution in [1.29, 1.82) is 0 Å². The molecule has 0 amide bonds. The molecule has 1 unspecified atom stereocenters. The monoisotopic (exact) mass is 458 g/mol. The lowest BCUT2D eigenvalue weighted by Crippen LogP contribution is -2.66. The van der Waals surface area contributed by atoms with Crippen molar-refractivity contribution in [2.45, 2.75) is 105 Å². The lowest BCUT2D eigenvalue weighted by molar-refractivity contribution is -0.249. The molecule has 5 rings (SSSR count). The highest BCUT2D eigenvalue weighted by atomic mass is 16.3. The summed E-state index contributed by atoms with van der Waals surface area (Å²) in [7, 11) is 0. The van der Waals surface area contributed by atoms with Gasteiger partial charge in [-0.3, -0.25) is 0 Å². The van der Waals surface area contributed by atoms with Crippen molar-refractivity contribution < 1.29 is 15.3 Å². The number of aliphatic hydroxyl groups is 3. The average molecular weight is 459 g/mol. The van der Waals surface area contributed by atoms with Crippen LogP contribution in [0.3, 0.4) is 0 Å². The van der Waals surface area contributed by atoms with Crippen molar-refractivity contribution in [2.75, 3.05) is 13.2 Å². The van der Waals surface area contributed by atoms with Crippen LogP contribution in [0.15, 0.2) is 12.2 Å². The smallest absolute Gasteiger partial charge is 0.0641 e. The van der Waals surface area contributed by atoms with Crippen LogP contribution in [-0.4, -0.2) is 34.6 Å². The van der Waals surface area contributed by atoms with Crippen molar-refractivity contribution in [3.05, 3.63) is 12.2 Å². The van der Waals surface area contributed by atoms with Crippen LogP contribution in [0.25, 0.3) is 0 Å². The SMILES string of the molecule is C=C(CO)[C@@H]1CC[C@]2(CO)CC[C@]3(C)[C@H](CC[C@@H]4[C@@]5(C)CCC(O)C(C)(C)[C@@H]5CC[C@]43C)[C@@H]12. The van der Waals surface area contributed by atoms with Gasteiger partial charge in [-0.25, -0.2) is 0 Å². The van der Waals surface area contributed by atoms with Gasteiger partial charge in [-0.15, -0.1) is 0 Å². The predicted molar refractivity (Wildman–Crippen MR) is 133 cm³/mol. The molecule has 5 aliphatic carbocycles. The molecule has 33 heavy (non-hydrogen) atoms. The van der Waals surface area contributed by atoms with Gasteiger partial charge in [0.15, 0.2) is 0 Å². The van der Waals surface area contributed by atoms with Gasteiger partial charge >= 0.3 is 0 Å². The molecule has 3 nitrogen and oxygen atoms in total. The molecule has 0 heterocycles. The number of rotatable bonds is 3. The maximum Gasteiger partial charge on any atom is 0.0641 e. The summed E-state index contributed by atoms with van der Waals surface area (Å²) >= 11 is 0. The molecule has 3 N–H and O–H groups in total. The summed E-state index contributed by atoms with van der Waals surface area (Å²) in [5.74, 6) is 2.74. The molecule has 0 bridgehead atoms. The second-order valence-electron chi connectivity index (χ2n) is 14.6. The van der Waals surface area contributed by atoms with E-state index >= 15 is 0 Å². The first kappa shape index (κ1) is 24.3. The molecule has 188 valence electrons. The second-order valence-corrected chi connectivity index (χ2v) is 14.6. The van der Waals surface area contributed by atoms with E-state index in [1.54, 1.807) is 0 Å². The van der Waals surface area contributed by atoms with Crippen LogP contribution >= 0.6 is 0 Å². The summed E-state index contributed by atoms with van der Waals surface area (Å²) in [4.78, 5) is 0. The van der Waals surface area contributed by atoms with Crippen molar-refractivity contribution >= 4 is 0 Å². The minimum atomic E-state index is -0.171. The molecule has 0 aromatic heterocycles. The highest BCUT2D eigenvalue weighted by Crippen LogP contribution is 2.77. The Morgan fingerprint density at radius 2 is 1.52 bits per heavy atom. The van der Waals surface area contributed by atoms with E-state index in [0.29, 0.717) is 47.0 Å². The highest BCUT2D eigenvalue weighted by Gasteiger charge is 2.70. The maximum absolute atomic E-state index is 10.9. The van der Waals surface area contributed by atoms with Crippen molar-refractivity contribution in [2.24, 2.45) is 56.7 Å². The van der Waals surface area contributed by atoms with E-state index in [9.17, 15) is 15.3 Å². The molecule has 5 aliphatic rings. The van der Waals surface area contributed by atoms with Crippen LogP contribution in [0.1, 0.15) is 98.8 Å². The van der Waals surface area contributed by atoms with Crippen molar-refractivity contribution in [3.63, 3.8) is 0 Å². The Hall–Kier alpha value is -0.380. The Labute approximate surface area is 202 Å². The summed E-state index contributed by atoms with van der Waals surface area (Å²) in [6.07, 6.45) is 11.5. The van der Waals surface area contributed by atoms with E-state index in [2.05, 4.69) is 41.2 Å². The van der Waals surface area contributed by atoms with Crippen LogP contribution in [0.4, 0.5) is 0 Å². The largest absolute Gasteiger partial charge is 0.396 e. The Morgan fingerprint density at radius 3 is 2.18 bits per heavy atom. The molecule has 0 aromatic carbocycles. The van der Waals surface area contributed by atoms with Gasteiger partial charge < -0.3 is 15.3 Å². The summed E-state index contributed by atoms with van der Waals surface area (Å²) in [6.45, 7) is 17.2. The number of hydrogen-bond acceptors (Lipinski definition) is 3. The van der Waals surface area contributed by atoms with Crippen LogP contribution in [0, 0.1) is 56.7 Å². The fourth-order valence-electron chi connectivity index (χ4n) is 11.6. The van der Waals surface area contributed by atoms with Gasteiger partial charge in [0.25, 0.3) is 0 Å². The van der Waals surface area contributed by atoms with Crippen LogP contribution in [0.2, 0.25) is 0 Å². The molecule has 0 saturated heterocycles. The van der Waals surface area contributed by atoms with Gasteiger partial charge in [0.1, 0.15) is 0 Å². The van der Waals surface area contributed by atoms with Gasteiger partial charge in [-0.05, 0) is 126 Å². The van der Waals surface area contributed by atoms with E-state index in [-0.39, 0.29) is 29.0 Å². The van der Waals surface area contributed by atoms with E-state index in [1.807, 2.05) is 0 Å². The average Bonchev–Trinajstić information content (AvgIpc) is 3.17. The van der Waals surface area contributed by atoms with E-state index in [4.69, 9.17) is 0 Å². The van der Waals surface area contributed by atoms with Gasteiger partial charge in [0.2, 0.25) is 0 Å². The number of aliphatic hydroxyl groups excluding tert-OH is 3. The van der Waals surface area contributed by atoms with E-state index in [1.165, 1.54) is 32.1 Å². The van der Waals surface area contributed by atoms with Gasteiger partial charge in [-0.1, -0.05) is 41.2 Å². The standard InChI is InChI=1S/C30H50O3/c1-19(17-31)20-9-14-30(18-32)16-15-28(5)21(25(20)30)7-8-23-27(4)12-11-24(33)26(2,3)22(27)10-13-29(23,28)6/h20-25,31-33H,1,7-18H2,2-6H3/t20-,21+,22-,23+,24?,25+,27-,28+,29+,30+/m0/s1. The van der Waals surface area contributed by atoms with Crippen molar-refractivity contribution in [3.8, 4) is 0 Å². The van der Waals surface area contributed by atoms with Crippen molar-refractivity contribution in [1.82, 2.24) is 0 Å². The summed E-state index contributed by atoms with van der Waals surface area (Å²) in [5, 5.41) is 31.5. The first-order valence-electron chi connectivity index (χ1n) is 14.0. The number of fused-ring (bicyclic) bond motifs is 7. The van der Waals surface area contributed by atoms with E-state index in [0.717, 1.165) is 37.7 Å². The lowest BCUT2D eigenvalue weighted by atomic mass is 9.32. The Balaban J connectivity index is 1.54. The number of hydrogen-bond donors (Lipinski definition) is 3. The van der Waals surface area contributed by atoms with Gasteiger partial charge in [0, 0.05) is 6.61 Å². The normalized spacial score (nSPS) is 55.2. The Bertz CT molecular complexity index is 804. The van der Waals surface area contributed by atoms with Gasteiger partial charge in [0.05, 0.1) is 12.7 Å². The first-order chi connectivity index (χ1) is 15.4. The zero-order chi connectivity index (χ0) is 24.0. The zero-order valence-corrected chi connectivity index (χ0v) is 22.0. The minimum Gasteiger partial charge on any atom is -0.396 e. The summed E-state index contributed by atoms with van der Waals surface area (Å²) in [6, 6.07) is 0. The molecule has 0 aromatic rings. The molecule has 5 fully saturated rings. The fraction of sp³-hybridized carbons (Fsp3) is 0.933. The van der Waals surface area contributed by atoms with Crippen LogP contribution in [0.5, 0.6) is 0 Å². The van der Waals surface area contributed by atoms with Crippen LogP contribution < -0.4 is 0 Å². The third-order valence-corrected chi connectivity index (χ3v) is 13.6. The second kappa shape index (κ2) is 7.56. The Morgan fingerprint density at radius 1 is 0.788 bits per heavy atom. The van der Waals surface area contributed by atoms with Gasteiger partial charge in [-0.2, -0.15) is 0 Å². The molecule has 10 atom stereocenters. The lowest BCUT2D eigenvalue weighted by Gasteiger charge is -2.73. The molecular weight excluding hydrogens is 408 g/mol. The molecular formula is C30H50O3. The summed E-state index contributed by atoms with van der Waals surface area (Å²) < 4.78 is 0. The highest BCUT2D eigenvalue weighted by molar-refractivity contribution is 5.22. The fourth-order valence-corrected chi connectivity index (χ4v) is 11.6. The topological polar surface area (TPSA) is 60.7 Å². The quantitative estimate of drug-likeness (QED) is 0.457. The molecule has 0 spiro atoms. The van der Waals surface area contributed by atoms with E-state index < -0.39 is 0 Å². The first-order valence-corrected chi connectivity index (χ1v) is 14.0. The molecule has 0 radical (unpaired) electrons. The molecule has 5 saturated carbocycles. The van der Waals surface area contributed by atoms with Crippen LogP contribution in [-0.2, 0) is 0 Å². The Kier molecular flexibility index (Phi) is 5.57. The zero-order valence-electron chi connectivity index (χ0n) is 22.0. The minimum absolute atomic E-state index is 0.000105. The maximum atomic E-state index is 10.9.